The number of benzene rings is 1. The van der Waals surface area contributed by atoms with Crippen LogP contribution in [0.4, 0.5) is 4.39 Å². The first-order chi connectivity index (χ1) is 9.43. The normalized spacial score (nSPS) is 11.3. The van der Waals surface area contributed by atoms with Crippen molar-refractivity contribution in [1.29, 1.82) is 0 Å². The molecule has 0 saturated heterocycles. The second kappa shape index (κ2) is 6.12. The molecule has 0 atom stereocenters. The highest BCUT2D eigenvalue weighted by Gasteiger charge is 2.18. The van der Waals surface area contributed by atoms with Gasteiger partial charge in [0.1, 0.15) is 11.0 Å². The Labute approximate surface area is 126 Å². The number of aromatic nitrogens is 2. The molecule has 1 N–H and O–H groups in total. The zero-order valence-corrected chi connectivity index (χ0v) is 12.7. The summed E-state index contributed by atoms with van der Waals surface area (Å²) in [6.45, 7) is 3.91. The fourth-order valence-corrected chi connectivity index (χ4v) is 2.39. The van der Waals surface area contributed by atoms with Crippen molar-refractivity contribution in [2.75, 3.05) is 0 Å². The van der Waals surface area contributed by atoms with Crippen LogP contribution in [0.1, 0.15) is 25.1 Å². The highest BCUT2D eigenvalue weighted by molar-refractivity contribution is 6.31. The van der Waals surface area contributed by atoms with E-state index in [1.807, 2.05) is 0 Å². The zero-order valence-electron chi connectivity index (χ0n) is 11.2. The third kappa shape index (κ3) is 2.97. The van der Waals surface area contributed by atoms with Gasteiger partial charge in [-0.3, -0.25) is 0 Å². The van der Waals surface area contributed by atoms with Crippen LogP contribution in [0, 0.1) is 11.7 Å². The number of hydrogen-bond acceptors (Lipinski definition) is 2. The molecule has 0 aliphatic carbocycles. The van der Waals surface area contributed by atoms with Gasteiger partial charge in [-0.05, 0) is 24.5 Å². The lowest BCUT2D eigenvalue weighted by Gasteiger charge is -2.04. The Hall–Kier alpha value is -1.10. The Morgan fingerprint density at radius 1 is 1.35 bits per heavy atom. The molecule has 0 amide bonds. The summed E-state index contributed by atoms with van der Waals surface area (Å²) in [5, 5.41) is 14.2. The number of nitrogens with zero attached hydrogens (tertiary/aromatic N) is 2. The topological polar surface area (TPSA) is 38.0 Å². The molecule has 0 unspecified atom stereocenters. The lowest BCUT2D eigenvalue weighted by Crippen LogP contribution is -2.00. The molecule has 3 nitrogen and oxygen atoms in total. The van der Waals surface area contributed by atoms with E-state index in [1.54, 1.807) is 6.07 Å². The Morgan fingerprint density at radius 2 is 2.05 bits per heavy atom. The fraction of sp³-hybridized carbons (Fsp3) is 0.357. The van der Waals surface area contributed by atoms with Crippen LogP contribution in [-0.2, 0) is 13.0 Å². The summed E-state index contributed by atoms with van der Waals surface area (Å²) in [6, 6.07) is 4.34. The highest BCUT2D eigenvalue weighted by atomic mass is 35.5. The van der Waals surface area contributed by atoms with Gasteiger partial charge in [0.15, 0.2) is 0 Å². The van der Waals surface area contributed by atoms with Gasteiger partial charge in [0.05, 0.1) is 23.0 Å². The van der Waals surface area contributed by atoms with Gasteiger partial charge in [0, 0.05) is 11.6 Å². The van der Waals surface area contributed by atoms with Crippen LogP contribution < -0.4 is 0 Å². The number of halogens is 3. The number of hydrogen-bond donors (Lipinski definition) is 1. The van der Waals surface area contributed by atoms with E-state index in [2.05, 4.69) is 18.9 Å². The third-order valence-corrected chi connectivity index (χ3v) is 3.61. The molecule has 0 saturated carbocycles. The van der Waals surface area contributed by atoms with Gasteiger partial charge in [-0.1, -0.05) is 37.0 Å². The van der Waals surface area contributed by atoms with Gasteiger partial charge >= 0.3 is 0 Å². The smallest absolute Gasteiger partial charge is 0.143 e. The van der Waals surface area contributed by atoms with Crippen LogP contribution in [0.5, 0.6) is 0 Å². The third-order valence-electron chi connectivity index (χ3n) is 2.91. The molecular weight excluding hydrogens is 302 g/mol. The van der Waals surface area contributed by atoms with Crippen molar-refractivity contribution in [3.05, 3.63) is 45.4 Å². The van der Waals surface area contributed by atoms with Crippen molar-refractivity contribution in [1.82, 2.24) is 9.78 Å². The molecular formula is C14H15Cl2FN2O. The van der Waals surface area contributed by atoms with Crippen molar-refractivity contribution >= 4 is 23.2 Å². The van der Waals surface area contributed by atoms with Crippen molar-refractivity contribution in [3.63, 3.8) is 0 Å². The summed E-state index contributed by atoms with van der Waals surface area (Å²) in [6.07, 6.45) is 0.693. The van der Waals surface area contributed by atoms with E-state index >= 15 is 0 Å². The molecule has 1 aromatic heterocycles. The number of rotatable bonds is 4. The van der Waals surface area contributed by atoms with Crippen LogP contribution in [0.3, 0.4) is 0 Å². The first-order valence-electron chi connectivity index (χ1n) is 6.26. The standard InChI is InChI=1S/C14H15Cl2FN2O/c1-8(2)5-13-10(7-20)14(16)19(18-13)9-3-4-11(15)12(17)6-9/h3-4,6,8,20H,5,7H2,1-2H3. The van der Waals surface area contributed by atoms with Crippen molar-refractivity contribution in [2.24, 2.45) is 5.92 Å². The highest BCUT2D eigenvalue weighted by Crippen LogP contribution is 2.27. The van der Waals surface area contributed by atoms with Gasteiger partial charge in [0.25, 0.3) is 0 Å². The molecule has 2 aromatic rings. The molecule has 0 aliphatic heterocycles. The first kappa shape index (κ1) is 15.3. The van der Waals surface area contributed by atoms with Crippen LogP contribution in [0.15, 0.2) is 18.2 Å². The van der Waals surface area contributed by atoms with Crippen LogP contribution in [-0.4, -0.2) is 14.9 Å². The van der Waals surface area contributed by atoms with E-state index in [0.717, 1.165) is 5.69 Å². The molecule has 108 valence electrons. The van der Waals surface area contributed by atoms with Crippen molar-refractivity contribution in [3.8, 4) is 5.69 Å². The minimum Gasteiger partial charge on any atom is -0.391 e. The Balaban J connectivity index is 2.51. The van der Waals surface area contributed by atoms with E-state index in [1.165, 1.54) is 16.8 Å². The molecule has 2 rings (SSSR count). The molecule has 6 heteroatoms. The van der Waals surface area contributed by atoms with Crippen LogP contribution in [0.2, 0.25) is 10.2 Å². The van der Waals surface area contributed by atoms with Crippen LogP contribution >= 0.6 is 23.2 Å². The van der Waals surface area contributed by atoms with Crippen molar-refractivity contribution in [2.45, 2.75) is 26.9 Å². The molecule has 0 aliphatic rings. The molecule has 0 fully saturated rings. The van der Waals surface area contributed by atoms with E-state index < -0.39 is 5.82 Å². The fourth-order valence-electron chi connectivity index (χ4n) is 1.97. The van der Waals surface area contributed by atoms with E-state index in [-0.39, 0.29) is 11.6 Å². The maximum absolute atomic E-state index is 13.5. The molecule has 0 spiro atoms. The summed E-state index contributed by atoms with van der Waals surface area (Å²) < 4.78 is 15.0. The number of aliphatic hydroxyl groups excluding tert-OH is 1. The minimum atomic E-state index is -0.535. The second-order valence-corrected chi connectivity index (χ2v) is 5.75. The first-order valence-corrected chi connectivity index (χ1v) is 7.02. The SMILES string of the molecule is CC(C)Cc1nn(-c2ccc(Cl)c(F)c2)c(Cl)c1CO. The minimum absolute atomic E-state index is 0.0433. The van der Waals surface area contributed by atoms with Crippen molar-refractivity contribution < 1.29 is 9.50 Å². The zero-order chi connectivity index (χ0) is 14.9. The maximum Gasteiger partial charge on any atom is 0.143 e. The Kier molecular flexibility index (Phi) is 4.68. The lowest BCUT2D eigenvalue weighted by molar-refractivity contribution is 0.280. The Bertz CT molecular complexity index is 626. The summed E-state index contributed by atoms with van der Waals surface area (Å²) in [5.74, 6) is -0.159. The average molecular weight is 317 g/mol. The molecule has 0 bridgehead atoms. The monoisotopic (exact) mass is 316 g/mol. The quantitative estimate of drug-likeness (QED) is 0.925. The summed E-state index contributed by atoms with van der Waals surface area (Å²) in [7, 11) is 0. The van der Waals surface area contributed by atoms with E-state index in [4.69, 9.17) is 23.2 Å². The predicted molar refractivity (Wildman–Crippen MR) is 78.0 cm³/mol. The maximum atomic E-state index is 13.5. The Morgan fingerprint density at radius 3 is 2.60 bits per heavy atom. The summed E-state index contributed by atoms with van der Waals surface area (Å²) in [5.41, 5.74) is 1.78. The summed E-state index contributed by atoms with van der Waals surface area (Å²) in [4.78, 5) is 0. The lowest BCUT2D eigenvalue weighted by atomic mass is 10.1. The van der Waals surface area contributed by atoms with E-state index in [9.17, 15) is 9.50 Å². The van der Waals surface area contributed by atoms with Gasteiger partial charge in [0.2, 0.25) is 0 Å². The summed E-state index contributed by atoms with van der Waals surface area (Å²) >= 11 is 11.9. The van der Waals surface area contributed by atoms with Gasteiger partial charge in [-0.15, -0.1) is 0 Å². The predicted octanol–water partition coefficient (Wildman–Crippen LogP) is 4.01. The molecule has 0 radical (unpaired) electrons. The van der Waals surface area contributed by atoms with E-state index in [0.29, 0.717) is 28.7 Å². The second-order valence-electron chi connectivity index (χ2n) is 4.98. The average Bonchev–Trinajstić information content (AvgIpc) is 2.68. The van der Waals surface area contributed by atoms with Gasteiger partial charge in [-0.25, -0.2) is 9.07 Å². The molecule has 1 heterocycles. The largest absolute Gasteiger partial charge is 0.391 e. The molecule has 20 heavy (non-hydrogen) atoms. The van der Waals surface area contributed by atoms with Gasteiger partial charge < -0.3 is 5.11 Å². The van der Waals surface area contributed by atoms with Crippen LogP contribution in [0.25, 0.3) is 5.69 Å². The number of aliphatic hydroxyl groups is 1. The molecule has 1 aromatic carbocycles. The van der Waals surface area contributed by atoms with Gasteiger partial charge in [-0.2, -0.15) is 5.10 Å².